The number of amides is 1. The maximum Gasteiger partial charge on any atom is 0.246 e. The Bertz CT molecular complexity index is 426. The molecular formula is C10H14N4O2. The minimum Gasteiger partial charge on any atom is -0.394 e. The Hall–Kier alpha value is -1.82. The molecule has 0 spiro atoms. The number of rotatable bonds is 2. The first-order chi connectivity index (χ1) is 7.67. The zero-order valence-electron chi connectivity index (χ0n) is 8.83. The third-order valence-corrected chi connectivity index (χ3v) is 2.73. The van der Waals surface area contributed by atoms with Crippen LogP contribution in [0.4, 0.5) is 5.82 Å². The van der Waals surface area contributed by atoms with Crippen molar-refractivity contribution < 1.29 is 9.90 Å². The highest BCUT2D eigenvalue weighted by atomic mass is 16.3. The van der Waals surface area contributed by atoms with Gasteiger partial charge < -0.3 is 15.7 Å². The van der Waals surface area contributed by atoms with E-state index in [0.717, 1.165) is 5.69 Å². The second kappa shape index (κ2) is 3.97. The summed E-state index contributed by atoms with van der Waals surface area (Å²) in [6.07, 6.45) is 1.25. The number of aromatic nitrogens is 2. The Morgan fingerprint density at radius 3 is 3.12 bits per heavy atom. The van der Waals surface area contributed by atoms with Crippen molar-refractivity contribution in [3.63, 3.8) is 0 Å². The summed E-state index contributed by atoms with van der Waals surface area (Å²) in [5.74, 6) is 0.214. The highest BCUT2D eigenvalue weighted by Gasteiger charge is 2.30. The van der Waals surface area contributed by atoms with Crippen LogP contribution in [0.3, 0.4) is 0 Å². The van der Waals surface area contributed by atoms with Crippen molar-refractivity contribution in [3.05, 3.63) is 24.4 Å². The molecule has 1 aliphatic heterocycles. The molecule has 0 bridgehead atoms. The van der Waals surface area contributed by atoms with E-state index < -0.39 is 0 Å². The lowest BCUT2D eigenvalue weighted by Crippen LogP contribution is -2.42. The van der Waals surface area contributed by atoms with Crippen LogP contribution in [0.1, 0.15) is 11.7 Å². The fourth-order valence-electron chi connectivity index (χ4n) is 1.99. The van der Waals surface area contributed by atoms with Gasteiger partial charge in [-0.05, 0) is 6.08 Å². The van der Waals surface area contributed by atoms with Gasteiger partial charge in [-0.3, -0.25) is 9.48 Å². The van der Waals surface area contributed by atoms with E-state index in [0.29, 0.717) is 18.9 Å². The van der Waals surface area contributed by atoms with Crippen molar-refractivity contribution in [1.82, 2.24) is 14.7 Å². The van der Waals surface area contributed by atoms with Gasteiger partial charge in [-0.25, -0.2) is 0 Å². The molecule has 1 unspecified atom stereocenters. The lowest BCUT2D eigenvalue weighted by Gasteiger charge is -2.34. The molecule has 0 radical (unpaired) electrons. The summed E-state index contributed by atoms with van der Waals surface area (Å²) in [6.45, 7) is 4.39. The Morgan fingerprint density at radius 2 is 2.50 bits per heavy atom. The van der Waals surface area contributed by atoms with E-state index in [1.54, 1.807) is 15.6 Å². The topological polar surface area (TPSA) is 84.4 Å². The third kappa shape index (κ3) is 1.57. The van der Waals surface area contributed by atoms with Gasteiger partial charge in [0.05, 0.1) is 24.9 Å². The van der Waals surface area contributed by atoms with Gasteiger partial charge in [-0.15, -0.1) is 0 Å². The minimum atomic E-state index is -0.385. The summed E-state index contributed by atoms with van der Waals surface area (Å²) < 4.78 is 1.73. The number of hydrogen-bond donors (Lipinski definition) is 2. The first kappa shape index (κ1) is 10.7. The SMILES string of the molecule is C=CC(=O)N1CCn2nc(N)cc2C1CO. The molecule has 0 saturated carbocycles. The largest absolute Gasteiger partial charge is 0.394 e. The quantitative estimate of drug-likeness (QED) is 0.662. The van der Waals surface area contributed by atoms with Crippen LogP contribution >= 0.6 is 0 Å². The third-order valence-electron chi connectivity index (χ3n) is 2.73. The molecule has 0 fully saturated rings. The number of nitrogens with zero attached hydrogens (tertiary/aromatic N) is 3. The lowest BCUT2D eigenvalue weighted by atomic mass is 10.1. The van der Waals surface area contributed by atoms with E-state index in [9.17, 15) is 9.90 Å². The van der Waals surface area contributed by atoms with Crippen molar-refractivity contribution in [2.24, 2.45) is 0 Å². The summed E-state index contributed by atoms with van der Waals surface area (Å²) in [7, 11) is 0. The molecule has 86 valence electrons. The highest BCUT2D eigenvalue weighted by Crippen LogP contribution is 2.26. The van der Waals surface area contributed by atoms with Gasteiger partial charge in [0.25, 0.3) is 0 Å². The standard InChI is InChI=1S/C10H14N4O2/c1-2-10(16)13-3-4-14-7(8(13)6-15)5-9(11)12-14/h2,5,8,15H,1,3-4,6H2,(H2,11,12). The maximum atomic E-state index is 11.6. The second-order valence-corrected chi connectivity index (χ2v) is 3.65. The Balaban J connectivity index is 2.36. The molecule has 1 atom stereocenters. The van der Waals surface area contributed by atoms with E-state index in [1.165, 1.54) is 6.08 Å². The number of carbonyl (C=O) groups is 1. The van der Waals surface area contributed by atoms with E-state index in [4.69, 9.17) is 5.73 Å². The maximum absolute atomic E-state index is 11.6. The Labute approximate surface area is 93.0 Å². The summed E-state index contributed by atoms with van der Waals surface area (Å²) in [6, 6.07) is 1.30. The van der Waals surface area contributed by atoms with E-state index in [-0.39, 0.29) is 18.6 Å². The van der Waals surface area contributed by atoms with Crippen LogP contribution in [0.2, 0.25) is 0 Å². The molecule has 16 heavy (non-hydrogen) atoms. The van der Waals surface area contributed by atoms with E-state index in [2.05, 4.69) is 11.7 Å². The second-order valence-electron chi connectivity index (χ2n) is 3.65. The van der Waals surface area contributed by atoms with E-state index in [1.807, 2.05) is 0 Å². The monoisotopic (exact) mass is 222 g/mol. The molecule has 2 heterocycles. The number of aliphatic hydroxyl groups is 1. The zero-order valence-corrected chi connectivity index (χ0v) is 8.83. The zero-order chi connectivity index (χ0) is 11.7. The average molecular weight is 222 g/mol. The Morgan fingerprint density at radius 1 is 1.75 bits per heavy atom. The number of nitrogens with two attached hydrogens (primary N) is 1. The van der Waals surface area contributed by atoms with Crippen molar-refractivity contribution in [2.75, 3.05) is 18.9 Å². The van der Waals surface area contributed by atoms with E-state index >= 15 is 0 Å². The summed E-state index contributed by atoms with van der Waals surface area (Å²) in [4.78, 5) is 13.2. The lowest BCUT2D eigenvalue weighted by molar-refractivity contribution is -0.130. The molecule has 1 aromatic rings. The van der Waals surface area contributed by atoms with Gasteiger partial charge in [0.15, 0.2) is 0 Å². The molecule has 0 aliphatic carbocycles. The first-order valence-corrected chi connectivity index (χ1v) is 5.04. The molecule has 0 saturated heterocycles. The summed E-state index contributed by atoms with van der Waals surface area (Å²) in [5, 5.41) is 13.4. The average Bonchev–Trinajstić information content (AvgIpc) is 2.66. The summed E-state index contributed by atoms with van der Waals surface area (Å²) >= 11 is 0. The van der Waals surface area contributed by atoms with Crippen LogP contribution in [0, 0.1) is 0 Å². The predicted molar refractivity (Wildman–Crippen MR) is 58.4 cm³/mol. The first-order valence-electron chi connectivity index (χ1n) is 5.04. The normalized spacial score (nSPS) is 19.3. The van der Waals surface area contributed by atoms with Crippen LogP contribution < -0.4 is 5.73 Å². The fourth-order valence-corrected chi connectivity index (χ4v) is 1.99. The minimum absolute atomic E-state index is 0.148. The number of aliphatic hydroxyl groups excluding tert-OH is 1. The highest BCUT2D eigenvalue weighted by molar-refractivity contribution is 5.87. The van der Waals surface area contributed by atoms with Gasteiger partial charge in [0.2, 0.25) is 5.91 Å². The molecule has 1 aromatic heterocycles. The molecule has 0 aromatic carbocycles. The van der Waals surface area contributed by atoms with Gasteiger partial charge in [-0.2, -0.15) is 5.10 Å². The van der Waals surface area contributed by atoms with Crippen molar-refractivity contribution in [2.45, 2.75) is 12.6 Å². The van der Waals surface area contributed by atoms with Gasteiger partial charge in [0.1, 0.15) is 5.82 Å². The number of fused-ring (bicyclic) bond motifs is 1. The van der Waals surface area contributed by atoms with Gasteiger partial charge in [0, 0.05) is 12.6 Å². The molecular weight excluding hydrogens is 208 g/mol. The molecule has 2 rings (SSSR count). The van der Waals surface area contributed by atoms with Gasteiger partial charge >= 0.3 is 0 Å². The number of hydrogen-bond acceptors (Lipinski definition) is 4. The molecule has 1 aliphatic rings. The Kier molecular flexibility index (Phi) is 2.66. The smallest absolute Gasteiger partial charge is 0.246 e. The fraction of sp³-hybridized carbons (Fsp3) is 0.400. The van der Waals surface area contributed by atoms with Crippen LogP contribution in [0.25, 0.3) is 0 Å². The van der Waals surface area contributed by atoms with Gasteiger partial charge in [-0.1, -0.05) is 6.58 Å². The molecule has 6 nitrogen and oxygen atoms in total. The molecule has 1 amide bonds. The van der Waals surface area contributed by atoms with Crippen LogP contribution in [-0.4, -0.2) is 38.8 Å². The van der Waals surface area contributed by atoms with Crippen molar-refractivity contribution >= 4 is 11.7 Å². The van der Waals surface area contributed by atoms with Crippen LogP contribution in [0.15, 0.2) is 18.7 Å². The van der Waals surface area contributed by atoms with Crippen molar-refractivity contribution in [3.8, 4) is 0 Å². The van der Waals surface area contributed by atoms with Crippen LogP contribution in [0.5, 0.6) is 0 Å². The predicted octanol–water partition coefficient (Wildman–Crippen LogP) is -0.473. The number of carbonyl (C=O) groups excluding carboxylic acids is 1. The molecule has 6 heteroatoms. The van der Waals surface area contributed by atoms with Crippen LogP contribution in [-0.2, 0) is 11.3 Å². The molecule has 3 N–H and O–H groups in total. The number of nitrogen functional groups attached to an aromatic ring is 1. The summed E-state index contributed by atoms with van der Waals surface area (Å²) in [5.41, 5.74) is 6.36. The van der Waals surface area contributed by atoms with Crippen molar-refractivity contribution in [1.29, 1.82) is 0 Å². The number of anilines is 1.